The van der Waals surface area contributed by atoms with Crippen molar-refractivity contribution in [2.24, 2.45) is 5.92 Å². The highest BCUT2D eigenvalue weighted by Gasteiger charge is 2.25. The average Bonchev–Trinajstić information content (AvgIpc) is 2.87. The molecule has 3 heteroatoms. The molecule has 0 heterocycles. The molecule has 0 aliphatic heterocycles. The van der Waals surface area contributed by atoms with Crippen molar-refractivity contribution in [2.45, 2.75) is 25.4 Å². The Hall–Kier alpha value is -0.730. The highest BCUT2D eigenvalue weighted by Crippen LogP contribution is 2.38. The quantitative estimate of drug-likeness (QED) is 0.756. The number of nitrogen functional groups attached to an aromatic ring is 1. The van der Waals surface area contributed by atoms with Crippen molar-refractivity contribution in [3.63, 3.8) is 0 Å². The van der Waals surface area contributed by atoms with Gasteiger partial charge in [-0.3, -0.25) is 0 Å². The van der Waals surface area contributed by atoms with Crippen LogP contribution in [0.3, 0.4) is 0 Å². The first-order valence-corrected chi connectivity index (χ1v) is 5.27. The van der Waals surface area contributed by atoms with Crippen LogP contribution in [-0.2, 0) is 0 Å². The van der Waals surface area contributed by atoms with Crippen molar-refractivity contribution in [1.82, 2.24) is 0 Å². The molecule has 1 fully saturated rings. The maximum Gasteiger partial charge on any atom is 0.0812 e. The van der Waals surface area contributed by atoms with Gasteiger partial charge in [-0.15, -0.1) is 0 Å². The second kappa shape index (κ2) is 3.79. The molecule has 2 rings (SSSR count). The van der Waals surface area contributed by atoms with E-state index in [9.17, 15) is 5.11 Å². The zero-order valence-electron chi connectivity index (χ0n) is 7.91. The van der Waals surface area contributed by atoms with Gasteiger partial charge in [-0.05, 0) is 24.5 Å². The Labute approximate surface area is 88.7 Å². The van der Waals surface area contributed by atoms with E-state index in [0.29, 0.717) is 16.6 Å². The van der Waals surface area contributed by atoms with Crippen LogP contribution >= 0.6 is 11.6 Å². The smallest absolute Gasteiger partial charge is 0.0812 e. The minimum Gasteiger partial charge on any atom is -0.398 e. The van der Waals surface area contributed by atoms with E-state index in [1.54, 1.807) is 12.1 Å². The standard InChI is InChI=1S/C11H14ClNO/c12-8-3-4-9(10(13)6-8)11(14)5-7-1-2-7/h3-4,6-7,11,14H,1-2,5,13H2. The first kappa shape index (κ1) is 9.81. The Morgan fingerprint density at radius 3 is 2.79 bits per heavy atom. The Kier molecular flexibility index (Phi) is 2.66. The van der Waals surface area contributed by atoms with Crippen molar-refractivity contribution in [3.05, 3.63) is 28.8 Å². The Balaban J connectivity index is 2.13. The fourth-order valence-corrected chi connectivity index (χ4v) is 1.83. The number of aliphatic hydroxyl groups excluding tert-OH is 1. The molecule has 1 aliphatic rings. The van der Waals surface area contributed by atoms with Crippen LogP contribution in [-0.4, -0.2) is 5.11 Å². The molecular formula is C11H14ClNO. The molecule has 1 atom stereocenters. The van der Waals surface area contributed by atoms with Gasteiger partial charge in [-0.1, -0.05) is 30.5 Å². The molecule has 76 valence electrons. The molecule has 0 amide bonds. The van der Waals surface area contributed by atoms with Gasteiger partial charge in [0.25, 0.3) is 0 Å². The van der Waals surface area contributed by atoms with Gasteiger partial charge in [0.2, 0.25) is 0 Å². The lowest BCUT2D eigenvalue weighted by molar-refractivity contribution is 0.161. The minimum atomic E-state index is -0.431. The van der Waals surface area contributed by atoms with Gasteiger partial charge in [0.15, 0.2) is 0 Å². The third kappa shape index (κ3) is 2.20. The molecule has 0 saturated heterocycles. The van der Waals surface area contributed by atoms with Crippen LogP contribution in [0.15, 0.2) is 18.2 Å². The molecule has 1 aliphatic carbocycles. The fourth-order valence-electron chi connectivity index (χ4n) is 1.65. The number of aliphatic hydroxyl groups is 1. The topological polar surface area (TPSA) is 46.2 Å². The Morgan fingerprint density at radius 2 is 2.21 bits per heavy atom. The van der Waals surface area contributed by atoms with Crippen LogP contribution in [0.4, 0.5) is 5.69 Å². The molecule has 2 nitrogen and oxygen atoms in total. The fraction of sp³-hybridized carbons (Fsp3) is 0.455. The number of benzene rings is 1. The summed E-state index contributed by atoms with van der Waals surface area (Å²) in [5.41, 5.74) is 7.17. The van der Waals surface area contributed by atoms with E-state index in [1.165, 1.54) is 12.8 Å². The zero-order chi connectivity index (χ0) is 10.1. The lowest BCUT2D eigenvalue weighted by Crippen LogP contribution is -2.02. The number of nitrogens with two attached hydrogens (primary N) is 1. The van der Waals surface area contributed by atoms with Gasteiger partial charge < -0.3 is 10.8 Å². The van der Waals surface area contributed by atoms with Crippen molar-refractivity contribution in [3.8, 4) is 0 Å². The molecule has 0 radical (unpaired) electrons. The molecule has 0 aromatic heterocycles. The molecule has 14 heavy (non-hydrogen) atoms. The van der Waals surface area contributed by atoms with Crippen LogP contribution in [0.25, 0.3) is 0 Å². The summed E-state index contributed by atoms with van der Waals surface area (Å²) in [7, 11) is 0. The van der Waals surface area contributed by atoms with Crippen LogP contribution in [0.2, 0.25) is 5.02 Å². The zero-order valence-corrected chi connectivity index (χ0v) is 8.67. The average molecular weight is 212 g/mol. The van der Waals surface area contributed by atoms with Gasteiger partial charge in [-0.25, -0.2) is 0 Å². The third-order valence-corrected chi connectivity index (χ3v) is 2.90. The van der Waals surface area contributed by atoms with Crippen LogP contribution in [0, 0.1) is 5.92 Å². The van der Waals surface area contributed by atoms with E-state index in [0.717, 1.165) is 12.0 Å². The lowest BCUT2D eigenvalue weighted by Gasteiger charge is -2.12. The number of rotatable bonds is 3. The van der Waals surface area contributed by atoms with Crippen molar-refractivity contribution in [1.29, 1.82) is 0 Å². The van der Waals surface area contributed by atoms with E-state index >= 15 is 0 Å². The Bertz CT molecular complexity index is 336. The number of halogens is 1. The first-order chi connectivity index (χ1) is 6.66. The van der Waals surface area contributed by atoms with Crippen molar-refractivity contribution < 1.29 is 5.11 Å². The summed E-state index contributed by atoms with van der Waals surface area (Å²) in [5, 5.41) is 10.5. The molecular weight excluding hydrogens is 198 g/mol. The third-order valence-electron chi connectivity index (χ3n) is 2.66. The molecule has 1 aromatic rings. The second-order valence-corrected chi connectivity index (χ2v) is 4.40. The van der Waals surface area contributed by atoms with E-state index in [2.05, 4.69) is 0 Å². The maximum atomic E-state index is 9.88. The highest BCUT2D eigenvalue weighted by atomic mass is 35.5. The van der Waals surface area contributed by atoms with Crippen molar-refractivity contribution >= 4 is 17.3 Å². The Morgan fingerprint density at radius 1 is 1.50 bits per heavy atom. The van der Waals surface area contributed by atoms with Gasteiger partial charge in [0.05, 0.1) is 6.10 Å². The highest BCUT2D eigenvalue weighted by molar-refractivity contribution is 6.30. The second-order valence-electron chi connectivity index (χ2n) is 3.97. The normalized spacial score (nSPS) is 18.1. The molecule has 1 unspecified atom stereocenters. The number of hydrogen-bond donors (Lipinski definition) is 2. The number of anilines is 1. The van der Waals surface area contributed by atoms with Gasteiger partial charge >= 0.3 is 0 Å². The van der Waals surface area contributed by atoms with Gasteiger partial charge in [0.1, 0.15) is 0 Å². The van der Waals surface area contributed by atoms with Crippen LogP contribution in [0.5, 0.6) is 0 Å². The lowest BCUT2D eigenvalue weighted by atomic mass is 10.0. The van der Waals surface area contributed by atoms with E-state index in [4.69, 9.17) is 17.3 Å². The van der Waals surface area contributed by atoms with Crippen LogP contribution < -0.4 is 5.73 Å². The van der Waals surface area contributed by atoms with Gasteiger partial charge in [-0.2, -0.15) is 0 Å². The molecule has 0 spiro atoms. The molecule has 1 aromatic carbocycles. The van der Waals surface area contributed by atoms with E-state index < -0.39 is 6.10 Å². The molecule has 0 bridgehead atoms. The maximum absolute atomic E-state index is 9.88. The summed E-state index contributed by atoms with van der Waals surface area (Å²) in [5.74, 6) is 0.695. The van der Waals surface area contributed by atoms with Gasteiger partial charge in [0, 0.05) is 16.3 Å². The summed E-state index contributed by atoms with van der Waals surface area (Å²) >= 11 is 5.78. The monoisotopic (exact) mass is 211 g/mol. The van der Waals surface area contributed by atoms with E-state index in [-0.39, 0.29) is 0 Å². The number of hydrogen-bond acceptors (Lipinski definition) is 2. The minimum absolute atomic E-state index is 0.431. The molecule has 3 N–H and O–H groups in total. The summed E-state index contributed by atoms with van der Waals surface area (Å²) in [6.07, 6.45) is 2.88. The van der Waals surface area contributed by atoms with Crippen LogP contribution in [0.1, 0.15) is 30.9 Å². The SMILES string of the molecule is Nc1cc(Cl)ccc1C(O)CC1CC1. The first-order valence-electron chi connectivity index (χ1n) is 4.90. The summed E-state index contributed by atoms with van der Waals surface area (Å²) in [4.78, 5) is 0. The summed E-state index contributed by atoms with van der Waals surface area (Å²) < 4.78 is 0. The summed E-state index contributed by atoms with van der Waals surface area (Å²) in [6, 6.07) is 5.26. The summed E-state index contributed by atoms with van der Waals surface area (Å²) in [6.45, 7) is 0. The molecule has 1 saturated carbocycles. The predicted molar refractivity (Wildman–Crippen MR) is 58.2 cm³/mol. The van der Waals surface area contributed by atoms with E-state index in [1.807, 2.05) is 6.07 Å². The van der Waals surface area contributed by atoms with Crippen molar-refractivity contribution in [2.75, 3.05) is 5.73 Å². The predicted octanol–water partition coefficient (Wildman–Crippen LogP) is 2.76. The largest absolute Gasteiger partial charge is 0.398 e.